The number of benzene rings is 1. The third-order valence-corrected chi connectivity index (χ3v) is 5.17. The Morgan fingerprint density at radius 2 is 2.19 bits per heavy atom. The summed E-state index contributed by atoms with van der Waals surface area (Å²) in [6.45, 7) is 1.57. The van der Waals surface area contributed by atoms with Crippen molar-refractivity contribution < 1.29 is 14.3 Å². The van der Waals surface area contributed by atoms with E-state index in [2.05, 4.69) is 4.90 Å². The van der Waals surface area contributed by atoms with Crippen molar-refractivity contribution in [2.45, 2.75) is 31.8 Å². The quantitative estimate of drug-likeness (QED) is 0.941. The highest BCUT2D eigenvalue weighted by molar-refractivity contribution is 5.81. The number of hydrogen-bond acceptors (Lipinski definition) is 3. The summed E-state index contributed by atoms with van der Waals surface area (Å²) < 4.78 is 5.57. The van der Waals surface area contributed by atoms with Crippen LogP contribution in [-0.4, -0.2) is 28.6 Å². The van der Waals surface area contributed by atoms with Crippen LogP contribution in [0.3, 0.4) is 0 Å². The topological polar surface area (TPSA) is 53.7 Å². The molecule has 0 amide bonds. The summed E-state index contributed by atoms with van der Waals surface area (Å²) >= 11 is 0. The maximum atomic E-state index is 11.7. The largest absolute Gasteiger partial charge is 0.480 e. The molecular formula is C17H19NO3. The van der Waals surface area contributed by atoms with Gasteiger partial charge in [0.15, 0.2) is 0 Å². The smallest absolute Gasteiger partial charge is 0.321 e. The van der Waals surface area contributed by atoms with Crippen LogP contribution in [0, 0.1) is 11.8 Å². The zero-order chi connectivity index (χ0) is 14.4. The highest BCUT2D eigenvalue weighted by atomic mass is 16.4. The van der Waals surface area contributed by atoms with Crippen LogP contribution in [0.2, 0.25) is 0 Å². The lowest BCUT2D eigenvalue weighted by Crippen LogP contribution is -2.39. The maximum absolute atomic E-state index is 11.7. The SMILES string of the molecule is O=C(O)C1C2CCCC2CN1Cc1coc2ccccc12. The first-order chi connectivity index (χ1) is 10.2. The third kappa shape index (κ3) is 2.05. The highest BCUT2D eigenvalue weighted by Gasteiger charge is 2.47. The first-order valence-corrected chi connectivity index (χ1v) is 7.66. The molecule has 2 fully saturated rings. The van der Waals surface area contributed by atoms with Crippen LogP contribution in [0.15, 0.2) is 34.9 Å². The van der Waals surface area contributed by atoms with E-state index in [9.17, 15) is 9.90 Å². The van der Waals surface area contributed by atoms with E-state index in [1.54, 1.807) is 6.26 Å². The first-order valence-electron chi connectivity index (χ1n) is 7.66. The molecule has 4 nitrogen and oxygen atoms in total. The molecule has 4 heteroatoms. The summed E-state index contributed by atoms with van der Waals surface area (Å²) in [6, 6.07) is 7.61. The van der Waals surface area contributed by atoms with E-state index in [1.807, 2.05) is 24.3 Å². The van der Waals surface area contributed by atoms with Crippen LogP contribution < -0.4 is 0 Å². The van der Waals surface area contributed by atoms with Gasteiger partial charge in [-0.25, -0.2) is 0 Å². The number of carboxylic acid groups (broad SMARTS) is 1. The van der Waals surface area contributed by atoms with E-state index < -0.39 is 5.97 Å². The second-order valence-electron chi connectivity index (χ2n) is 6.32. The van der Waals surface area contributed by atoms with E-state index in [0.717, 1.165) is 29.5 Å². The van der Waals surface area contributed by atoms with Crippen molar-refractivity contribution in [1.29, 1.82) is 0 Å². The Labute approximate surface area is 123 Å². The third-order valence-electron chi connectivity index (χ3n) is 5.17. The minimum absolute atomic E-state index is 0.328. The van der Waals surface area contributed by atoms with Gasteiger partial charge in [-0.1, -0.05) is 24.6 Å². The second-order valence-corrected chi connectivity index (χ2v) is 6.32. The van der Waals surface area contributed by atoms with Crippen molar-refractivity contribution in [3.8, 4) is 0 Å². The van der Waals surface area contributed by atoms with Gasteiger partial charge in [0.2, 0.25) is 0 Å². The molecule has 1 saturated carbocycles. The first kappa shape index (κ1) is 12.9. The monoisotopic (exact) mass is 285 g/mol. The minimum Gasteiger partial charge on any atom is -0.480 e. The van der Waals surface area contributed by atoms with Crippen molar-refractivity contribution in [3.63, 3.8) is 0 Å². The Hall–Kier alpha value is -1.81. The summed E-state index contributed by atoms with van der Waals surface area (Å²) in [7, 11) is 0. The van der Waals surface area contributed by atoms with Crippen LogP contribution in [0.25, 0.3) is 11.0 Å². The van der Waals surface area contributed by atoms with E-state index >= 15 is 0 Å². The van der Waals surface area contributed by atoms with Crippen molar-refractivity contribution in [2.75, 3.05) is 6.54 Å². The van der Waals surface area contributed by atoms with Gasteiger partial charge in [-0.2, -0.15) is 0 Å². The number of likely N-dealkylation sites (tertiary alicyclic amines) is 1. The van der Waals surface area contributed by atoms with Gasteiger partial charge in [0.1, 0.15) is 11.6 Å². The van der Waals surface area contributed by atoms with E-state index in [-0.39, 0.29) is 6.04 Å². The van der Waals surface area contributed by atoms with Gasteiger partial charge in [0, 0.05) is 24.0 Å². The fourth-order valence-electron chi connectivity index (χ4n) is 4.27. The highest BCUT2D eigenvalue weighted by Crippen LogP contribution is 2.43. The molecule has 1 saturated heterocycles. The molecule has 3 atom stereocenters. The number of aliphatic carboxylic acids is 1. The van der Waals surface area contributed by atoms with Crippen LogP contribution >= 0.6 is 0 Å². The molecule has 21 heavy (non-hydrogen) atoms. The fourth-order valence-corrected chi connectivity index (χ4v) is 4.27. The Bertz CT molecular complexity index is 677. The van der Waals surface area contributed by atoms with Gasteiger partial charge in [-0.3, -0.25) is 9.69 Å². The molecule has 2 heterocycles. The Morgan fingerprint density at radius 3 is 3.05 bits per heavy atom. The summed E-state index contributed by atoms with van der Waals surface area (Å²) in [5.74, 6) is 0.224. The molecule has 0 radical (unpaired) electrons. The van der Waals surface area contributed by atoms with Crippen LogP contribution in [0.5, 0.6) is 0 Å². The Balaban J connectivity index is 1.63. The number of furan rings is 1. The van der Waals surface area contributed by atoms with E-state index in [0.29, 0.717) is 18.4 Å². The van der Waals surface area contributed by atoms with E-state index in [1.165, 1.54) is 12.8 Å². The number of carbonyl (C=O) groups is 1. The molecule has 0 bridgehead atoms. The Morgan fingerprint density at radius 1 is 1.33 bits per heavy atom. The van der Waals surface area contributed by atoms with Gasteiger partial charge in [0.25, 0.3) is 0 Å². The molecule has 1 aliphatic heterocycles. The molecule has 2 aliphatic rings. The molecule has 1 aliphatic carbocycles. The summed E-state index contributed by atoms with van der Waals surface area (Å²) in [5.41, 5.74) is 1.97. The predicted molar refractivity (Wildman–Crippen MR) is 78.9 cm³/mol. The van der Waals surface area contributed by atoms with Gasteiger partial charge in [0.05, 0.1) is 6.26 Å². The lowest BCUT2D eigenvalue weighted by atomic mass is 9.94. The second kappa shape index (κ2) is 4.88. The van der Waals surface area contributed by atoms with Gasteiger partial charge < -0.3 is 9.52 Å². The number of carboxylic acids is 1. The lowest BCUT2D eigenvalue weighted by molar-refractivity contribution is -0.143. The van der Waals surface area contributed by atoms with Gasteiger partial charge in [-0.05, 0) is 30.7 Å². The average molecular weight is 285 g/mol. The lowest BCUT2D eigenvalue weighted by Gasteiger charge is -2.23. The molecule has 0 spiro atoms. The van der Waals surface area contributed by atoms with Crippen molar-refractivity contribution in [2.24, 2.45) is 11.8 Å². The number of fused-ring (bicyclic) bond motifs is 2. The molecule has 1 N–H and O–H groups in total. The predicted octanol–water partition coefficient (Wildman–Crippen LogP) is 3.12. The minimum atomic E-state index is -0.669. The summed E-state index contributed by atoms with van der Waals surface area (Å²) in [5, 5.41) is 10.7. The molecule has 3 unspecified atom stereocenters. The molecule has 1 aromatic heterocycles. The van der Waals surface area contributed by atoms with Crippen LogP contribution in [0.4, 0.5) is 0 Å². The van der Waals surface area contributed by atoms with Crippen molar-refractivity contribution in [3.05, 3.63) is 36.1 Å². The Kier molecular flexibility index (Phi) is 3.00. The standard InChI is InChI=1S/C17H19NO3/c19-17(20)16-14-6-3-4-11(14)8-18(16)9-12-10-21-15-7-2-1-5-13(12)15/h1-2,5,7,10-11,14,16H,3-4,6,8-9H2,(H,19,20). The van der Waals surface area contributed by atoms with Crippen molar-refractivity contribution >= 4 is 16.9 Å². The molecule has 110 valence electrons. The normalized spacial score (nSPS) is 29.0. The maximum Gasteiger partial charge on any atom is 0.321 e. The number of hydrogen-bond donors (Lipinski definition) is 1. The fraction of sp³-hybridized carbons (Fsp3) is 0.471. The van der Waals surface area contributed by atoms with Crippen molar-refractivity contribution in [1.82, 2.24) is 4.90 Å². The molecule has 1 aromatic carbocycles. The van der Waals surface area contributed by atoms with E-state index in [4.69, 9.17) is 4.42 Å². The van der Waals surface area contributed by atoms with Crippen LogP contribution in [0.1, 0.15) is 24.8 Å². The zero-order valence-electron chi connectivity index (χ0n) is 11.9. The zero-order valence-corrected chi connectivity index (χ0v) is 11.9. The van der Waals surface area contributed by atoms with Gasteiger partial charge >= 0.3 is 5.97 Å². The number of rotatable bonds is 3. The molecule has 2 aromatic rings. The molecular weight excluding hydrogens is 266 g/mol. The average Bonchev–Trinajstić information content (AvgIpc) is 3.13. The summed E-state index contributed by atoms with van der Waals surface area (Å²) in [4.78, 5) is 13.8. The number of nitrogens with zero attached hydrogens (tertiary/aromatic N) is 1. The number of para-hydroxylation sites is 1. The van der Waals surface area contributed by atoms with Gasteiger partial charge in [-0.15, -0.1) is 0 Å². The van der Waals surface area contributed by atoms with Crippen LogP contribution in [-0.2, 0) is 11.3 Å². The summed E-state index contributed by atoms with van der Waals surface area (Å²) in [6.07, 6.45) is 5.20. The molecule has 4 rings (SSSR count).